The first-order chi connectivity index (χ1) is 10.8. The summed E-state index contributed by atoms with van der Waals surface area (Å²) in [5.41, 5.74) is 0.0559. The molecule has 8 heteroatoms. The molecule has 1 heterocycles. The van der Waals surface area contributed by atoms with Crippen molar-refractivity contribution in [1.29, 1.82) is 0 Å². The second kappa shape index (κ2) is 5.56. The maximum atomic E-state index is 12.8. The Balaban J connectivity index is 2.02. The predicted octanol–water partition coefficient (Wildman–Crippen LogP) is 4.11. The van der Waals surface area contributed by atoms with Gasteiger partial charge in [0.25, 0.3) is 0 Å². The van der Waals surface area contributed by atoms with Crippen LogP contribution in [0.4, 0.5) is 18.9 Å². The van der Waals surface area contributed by atoms with Crippen molar-refractivity contribution in [3.63, 3.8) is 0 Å². The van der Waals surface area contributed by atoms with Gasteiger partial charge in [0.05, 0.1) is 11.4 Å². The summed E-state index contributed by atoms with van der Waals surface area (Å²) in [4.78, 5) is 11.9. The van der Waals surface area contributed by atoms with Crippen LogP contribution >= 0.6 is 11.6 Å². The van der Waals surface area contributed by atoms with Gasteiger partial charge in [0, 0.05) is 23.6 Å². The summed E-state index contributed by atoms with van der Waals surface area (Å²) in [5, 5.41) is 6.61. The average Bonchev–Trinajstić information content (AvgIpc) is 3.23. The van der Waals surface area contributed by atoms with Crippen LogP contribution in [0.25, 0.3) is 11.3 Å². The Bertz CT molecular complexity index is 766. The number of hydrogen-bond acceptors (Lipinski definition) is 2. The maximum absolute atomic E-state index is 12.8. The molecule has 0 saturated heterocycles. The molecule has 1 fully saturated rings. The number of rotatable bonds is 3. The summed E-state index contributed by atoms with van der Waals surface area (Å²) < 4.78 is 39.6. The maximum Gasteiger partial charge on any atom is 0.435 e. The molecular weight excluding hydrogens is 331 g/mol. The number of anilines is 1. The zero-order chi connectivity index (χ0) is 16.8. The molecule has 23 heavy (non-hydrogen) atoms. The molecule has 122 valence electrons. The summed E-state index contributed by atoms with van der Waals surface area (Å²) in [6.45, 7) is 0. The third kappa shape index (κ3) is 3.34. The number of nitrogens with one attached hydrogen (secondary N) is 1. The van der Waals surface area contributed by atoms with Crippen LogP contribution in [0.3, 0.4) is 0 Å². The first-order valence-electron chi connectivity index (χ1n) is 6.98. The van der Waals surface area contributed by atoms with Gasteiger partial charge in [0.1, 0.15) is 0 Å². The van der Waals surface area contributed by atoms with Gasteiger partial charge in [-0.1, -0.05) is 11.6 Å². The molecule has 1 aliphatic rings. The highest BCUT2D eigenvalue weighted by Crippen LogP contribution is 2.37. The summed E-state index contributed by atoms with van der Waals surface area (Å²) in [6, 6.07) is 5.62. The lowest BCUT2D eigenvalue weighted by Gasteiger charge is -2.11. The van der Waals surface area contributed by atoms with Crippen molar-refractivity contribution in [2.45, 2.75) is 19.0 Å². The number of aromatic nitrogens is 2. The SMILES string of the molecule is Cn1nc(C(F)(F)F)cc1-c1cc(Cl)ccc1NC(=O)C1CC1. The largest absolute Gasteiger partial charge is 0.435 e. The Hall–Kier alpha value is -2.02. The van der Waals surface area contributed by atoms with E-state index in [9.17, 15) is 18.0 Å². The number of nitrogens with zero attached hydrogens (tertiary/aromatic N) is 2. The number of aryl methyl sites for hydroxylation is 1. The quantitative estimate of drug-likeness (QED) is 0.911. The van der Waals surface area contributed by atoms with E-state index < -0.39 is 11.9 Å². The number of carbonyl (C=O) groups excluding carboxylic acids is 1. The summed E-state index contributed by atoms with van der Waals surface area (Å²) in [5.74, 6) is -0.150. The van der Waals surface area contributed by atoms with Crippen LogP contribution < -0.4 is 5.32 Å². The minimum Gasteiger partial charge on any atom is -0.325 e. The zero-order valence-corrected chi connectivity index (χ0v) is 12.9. The van der Waals surface area contributed by atoms with Crippen LogP contribution in [-0.4, -0.2) is 15.7 Å². The van der Waals surface area contributed by atoms with E-state index in [-0.39, 0.29) is 17.5 Å². The number of amides is 1. The molecule has 0 unspecified atom stereocenters. The molecule has 1 amide bonds. The highest BCUT2D eigenvalue weighted by Gasteiger charge is 2.35. The van der Waals surface area contributed by atoms with E-state index in [4.69, 9.17) is 11.6 Å². The topological polar surface area (TPSA) is 46.9 Å². The third-order valence-corrected chi connectivity index (χ3v) is 3.87. The number of alkyl halides is 3. The molecule has 0 aliphatic heterocycles. The van der Waals surface area contributed by atoms with E-state index in [1.807, 2.05) is 0 Å². The van der Waals surface area contributed by atoms with Gasteiger partial charge >= 0.3 is 6.18 Å². The van der Waals surface area contributed by atoms with Gasteiger partial charge in [-0.3, -0.25) is 9.48 Å². The van der Waals surface area contributed by atoms with Crippen LogP contribution in [0.1, 0.15) is 18.5 Å². The first-order valence-corrected chi connectivity index (χ1v) is 7.35. The minimum atomic E-state index is -4.54. The van der Waals surface area contributed by atoms with Crippen LogP contribution in [0.15, 0.2) is 24.3 Å². The second-order valence-corrected chi connectivity index (χ2v) is 5.93. The fourth-order valence-electron chi connectivity index (χ4n) is 2.28. The van der Waals surface area contributed by atoms with Gasteiger partial charge in [-0.2, -0.15) is 18.3 Å². The van der Waals surface area contributed by atoms with E-state index in [1.165, 1.54) is 13.1 Å². The van der Waals surface area contributed by atoms with Crippen LogP contribution in [0.5, 0.6) is 0 Å². The molecule has 0 spiro atoms. The second-order valence-electron chi connectivity index (χ2n) is 5.49. The van der Waals surface area contributed by atoms with Crippen LogP contribution in [0.2, 0.25) is 5.02 Å². The van der Waals surface area contributed by atoms with Gasteiger partial charge in [-0.25, -0.2) is 0 Å². The van der Waals surface area contributed by atoms with Gasteiger partial charge in [-0.15, -0.1) is 0 Å². The molecule has 1 aromatic heterocycles. The summed E-state index contributed by atoms with van der Waals surface area (Å²) in [7, 11) is 1.41. The van der Waals surface area contributed by atoms with Gasteiger partial charge in [0.2, 0.25) is 5.91 Å². The number of hydrogen-bond donors (Lipinski definition) is 1. The smallest absolute Gasteiger partial charge is 0.325 e. The molecular formula is C15H13ClF3N3O. The monoisotopic (exact) mass is 343 g/mol. The van der Waals surface area contributed by atoms with Crippen molar-refractivity contribution in [2.24, 2.45) is 13.0 Å². The van der Waals surface area contributed by atoms with Gasteiger partial charge in [-0.05, 0) is 37.1 Å². The van der Waals surface area contributed by atoms with Crippen molar-refractivity contribution in [3.8, 4) is 11.3 Å². The average molecular weight is 344 g/mol. The van der Waals surface area contributed by atoms with Crippen molar-refractivity contribution < 1.29 is 18.0 Å². The molecule has 4 nitrogen and oxygen atoms in total. The minimum absolute atomic E-state index is 0.0178. The standard InChI is InChI=1S/C15H13ClF3N3O/c1-22-12(7-13(21-22)15(17,18)19)10-6-9(16)4-5-11(10)20-14(23)8-2-3-8/h4-8H,2-3H2,1H3,(H,20,23). The highest BCUT2D eigenvalue weighted by molar-refractivity contribution is 6.31. The zero-order valence-electron chi connectivity index (χ0n) is 12.1. The molecule has 0 bridgehead atoms. The Morgan fingerprint density at radius 2 is 2.04 bits per heavy atom. The highest BCUT2D eigenvalue weighted by atomic mass is 35.5. The molecule has 3 rings (SSSR count). The Kier molecular flexibility index (Phi) is 3.83. The van der Waals surface area contributed by atoms with Crippen LogP contribution in [0, 0.1) is 5.92 Å². The van der Waals surface area contributed by atoms with E-state index in [2.05, 4.69) is 10.4 Å². The number of benzene rings is 1. The molecule has 1 aromatic carbocycles. The van der Waals surface area contributed by atoms with E-state index in [1.54, 1.807) is 12.1 Å². The number of halogens is 4. The Morgan fingerprint density at radius 3 is 2.61 bits per heavy atom. The molecule has 1 saturated carbocycles. The predicted molar refractivity (Wildman–Crippen MR) is 80.0 cm³/mol. The van der Waals surface area contributed by atoms with E-state index in [0.717, 1.165) is 23.6 Å². The van der Waals surface area contributed by atoms with Gasteiger partial charge < -0.3 is 5.32 Å². The van der Waals surface area contributed by atoms with Crippen molar-refractivity contribution >= 4 is 23.2 Å². The molecule has 1 N–H and O–H groups in total. The number of carbonyl (C=O) groups is 1. The lowest BCUT2D eigenvalue weighted by molar-refractivity contribution is -0.141. The van der Waals surface area contributed by atoms with Crippen molar-refractivity contribution in [3.05, 3.63) is 35.0 Å². The fourth-order valence-corrected chi connectivity index (χ4v) is 2.45. The van der Waals surface area contributed by atoms with Crippen molar-refractivity contribution in [2.75, 3.05) is 5.32 Å². The third-order valence-electron chi connectivity index (χ3n) is 3.63. The molecule has 0 atom stereocenters. The van der Waals surface area contributed by atoms with E-state index in [0.29, 0.717) is 16.3 Å². The normalized spacial score (nSPS) is 14.8. The van der Waals surface area contributed by atoms with Crippen molar-refractivity contribution in [1.82, 2.24) is 9.78 Å². The first kappa shape index (κ1) is 15.9. The molecule has 0 radical (unpaired) electrons. The Morgan fingerprint density at radius 1 is 1.35 bits per heavy atom. The van der Waals surface area contributed by atoms with Gasteiger partial charge in [0.15, 0.2) is 5.69 Å². The van der Waals surface area contributed by atoms with E-state index >= 15 is 0 Å². The molecule has 1 aliphatic carbocycles. The summed E-state index contributed by atoms with van der Waals surface area (Å²) in [6.07, 6.45) is -2.87. The Labute approximate surface area is 135 Å². The fraction of sp³-hybridized carbons (Fsp3) is 0.333. The van der Waals surface area contributed by atoms with Crippen LogP contribution in [-0.2, 0) is 18.0 Å². The summed E-state index contributed by atoms with van der Waals surface area (Å²) >= 11 is 5.96. The molecule has 2 aromatic rings. The lowest BCUT2D eigenvalue weighted by atomic mass is 10.1. The lowest BCUT2D eigenvalue weighted by Crippen LogP contribution is -2.14.